The molecule has 0 aliphatic heterocycles. The zero-order chi connectivity index (χ0) is 28.4. The monoisotopic (exact) mass is 524 g/mol. The molecular formula is C27H48N4O6. The summed E-state index contributed by atoms with van der Waals surface area (Å²) in [5.74, 6) is -1.01. The highest BCUT2D eigenvalue weighted by molar-refractivity contribution is 5.84. The number of Topliss-reactive ketones (excluding diaryl/α,β-unsaturated/α-hetero) is 3. The Hall–Kier alpha value is -2.62. The van der Waals surface area contributed by atoms with E-state index in [2.05, 4.69) is 21.3 Å². The summed E-state index contributed by atoms with van der Waals surface area (Å²) in [6, 6.07) is -0.873. The Balaban J connectivity index is 4.75. The van der Waals surface area contributed by atoms with E-state index in [-0.39, 0.29) is 85.2 Å². The summed E-state index contributed by atoms with van der Waals surface area (Å²) in [5.41, 5.74) is 0. The minimum Gasteiger partial charge on any atom is -0.356 e. The molecule has 0 spiro atoms. The normalized spacial score (nSPS) is 14.1. The Bertz CT molecular complexity index is 766. The molecule has 3 amide bonds. The van der Waals surface area contributed by atoms with E-state index < -0.39 is 6.04 Å². The highest BCUT2D eigenvalue weighted by Gasteiger charge is 2.22. The number of carbonyl (C=O) groups excluding carboxylic acids is 6. The van der Waals surface area contributed by atoms with Gasteiger partial charge in [-0.05, 0) is 59.4 Å². The molecule has 10 heteroatoms. The molecule has 0 heterocycles. The lowest BCUT2D eigenvalue weighted by Gasteiger charge is -2.22. The molecule has 0 saturated carbocycles. The zero-order valence-corrected chi connectivity index (χ0v) is 23.5. The van der Waals surface area contributed by atoms with Crippen molar-refractivity contribution in [3.8, 4) is 0 Å². The van der Waals surface area contributed by atoms with Gasteiger partial charge in [0.15, 0.2) is 0 Å². The fraction of sp³-hybridized carbons (Fsp3) is 0.778. The largest absolute Gasteiger partial charge is 0.356 e. The predicted molar refractivity (Wildman–Crippen MR) is 143 cm³/mol. The maximum atomic E-state index is 12.7. The molecule has 0 aliphatic rings. The summed E-state index contributed by atoms with van der Waals surface area (Å²) < 4.78 is 0. The van der Waals surface area contributed by atoms with Gasteiger partial charge < -0.3 is 26.1 Å². The minimum atomic E-state index is -0.660. The molecule has 0 radical (unpaired) electrons. The molecule has 0 aromatic heterocycles. The fourth-order valence-corrected chi connectivity index (χ4v) is 4.26. The summed E-state index contributed by atoms with van der Waals surface area (Å²) in [5, 5.41) is 11.6. The molecule has 0 bridgehead atoms. The van der Waals surface area contributed by atoms with Crippen molar-refractivity contribution in [3.05, 3.63) is 0 Å². The van der Waals surface area contributed by atoms with E-state index >= 15 is 0 Å². The number of carbonyl (C=O) groups is 6. The van der Waals surface area contributed by atoms with E-state index in [9.17, 15) is 28.8 Å². The van der Waals surface area contributed by atoms with Crippen molar-refractivity contribution in [1.82, 2.24) is 21.3 Å². The van der Waals surface area contributed by atoms with E-state index in [0.29, 0.717) is 32.2 Å². The van der Waals surface area contributed by atoms with Crippen molar-refractivity contribution >= 4 is 35.1 Å². The molecule has 212 valence electrons. The van der Waals surface area contributed by atoms with Gasteiger partial charge in [0.1, 0.15) is 17.3 Å². The van der Waals surface area contributed by atoms with Crippen LogP contribution >= 0.6 is 0 Å². The highest BCUT2D eigenvalue weighted by atomic mass is 16.2. The summed E-state index contributed by atoms with van der Waals surface area (Å²) in [7, 11) is 1.83. The predicted octanol–water partition coefficient (Wildman–Crippen LogP) is 1.98. The van der Waals surface area contributed by atoms with Crippen LogP contribution in [0.15, 0.2) is 0 Å². The van der Waals surface area contributed by atoms with Crippen LogP contribution in [0.25, 0.3) is 0 Å². The van der Waals surface area contributed by atoms with E-state index in [1.165, 1.54) is 20.8 Å². The van der Waals surface area contributed by atoms with Crippen molar-refractivity contribution in [3.63, 3.8) is 0 Å². The van der Waals surface area contributed by atoms with Crippen LogP contribution in [-0.2, 0) is 28.8 Å². The molecule has 4 atom stereocenters. The Morgan fingerprint density at radius 1 is 0.622 bits per heavy atom. The van der Waals surface area contributed by atoms with Gasteiger partial charge in [0.05, 0.1) is 0 Å². The topological polar surface area (TPSA) is 151 Å². The third-order valence-corrected chi connectivity index (χ3v) is 6.03. The molecule has 0 saturated heterocycles. The zero-order valence-electron chi connectivity index (χ0n) is 23.5. The lowest BCUT2D eigenvalue weighted by atomic mass is 10.00. The molecule has 0 aliphatic carbocycles. The Kier molecular flexibility index (Phi) is 18.1. The van der Waals surface area contributed by atoms with Gasteiger partial charge in [0, 0.05) is 63.2 Å². The van der Waals surface area contributed by atoms with Crippen molar-refractivity contribution in [2.45, 2.75) is 117 Å². The second kappa shape index (κ2) is 19.5. The van der Waals surface area contributed by atoms with Crippen molar-refractivity contribution in [2.24, 2.45) is 5.92 Å². The summed E-state index contributed by atoms with van der Waals surface area (Å²) >= 11 is 0. The maximum absolute atomic E-state index is 12.7. The minimum absolute atomic E-state index is 0.00205. The molecule has 0 fully saturated rings. The number of hydrogen-bond donors (Lipinski definition) is 4. The van der Waals surface area contributed by atoms with E-state index in [0.717, 1.165) is 6.42 Å². The Labute approximate surface area is 221 Å². The van der Waals surface area contributed by atoms with Crippen LogP contribution in [0.4, 0.5) is 0 Å². The van der Waals surface area contributed by atoms with Gasteiger partial charge in [-0.3, -0.25) is 24.0 Å². The SMILES string of the molecule is CCC(CC(=O)NCCCCC(CC(C)=O)NC(=O)CC(CC(C)=O)NC(=O)CC(C)CC(C)=O)NC. The van der Waals surface area contributed by atoms with Gasteiger partial charge >= 0.3 is 0 Å². The lowest BCUT2D eigenvalue weighted by molar-refractivity contribution is -0.125. The van der Waals surface area contributed by atoms with Crippen LogP contribution in [0.1, 0.15) is 98.8 Å². The first kappa shape index (κ1) is 34.4. The number of ketones is 3. The quantitative estimate of drug-likeness (QED) is 0.168. The van der Waals surface area contributed by atoms with Gasteiger partial charge in [0.2, 0.25) is 17.7 Å². The Morgan fingerprint density at radius 2 is 1.14 bits per heavy atom. The van der Waals surface area contributed by atoms with Gasteiger partial charge in [-0.1, -0.05) is 13.8 Å². The van der Waals surface area contributed by atoms with Crippen molar-refractivity contribution in [2.75, 3.05) is 13.6 Å². The van der Waals surface area contributed by atoms with Crippen molar-refractivity contribution in [1.29, 1.82) is 0 Å². The first-order valence-electron chi connectivity index (χ1n) is 13.4. The molecular weight excluding hydrogens is 476 g/mol. The van der Waals surface area contributed by atoms with Crippen LogP contribution in [0, 0.1) is 5.92 Å². The fourth-order valence-electron chi connectivity index (χ4n) is 4.26. The first-order valence-corrected chi connectivity index (χ1v) is 13.4. The smallest absolute Gasteiger partial charge is 0.222 e. The molecule has 4 N–H and O–H groups in total. The number of hydrogen-bond acceptors (Lipinski definition) is 7. The van der Waals surface area contributed by atoms with Gasteiger partial charge in [-0.25, -0.2) is 0 Å². The van der Waals surface area contributed by atoms with Crippen LogP contribution < -0.4 is 21.3 Å². The molecule has 4 unspecified atom stereocenters. The van der Waals surface area contributed by atoms with Crippen LogP contribution in [0.3, 0.4) is 0 Å². The third-order valence-electron chi connectivity index (χ3n) is 6.03. The lowest BCUT2D eigenvalue weighted by Crippen LogP contribution is -2.43. The Morgan fingerprint density at radius 3 is 1.68 bits per heavy atom. The van der Waals surface area contributed by atoms with E-state index in [4.69, 9.17) is 0 Å². The second-order valence-corrected chi connectivity index (χ2v) is 10.2. The van der Waals surface area contributed by atoms with E-state index in [1.54, 1.807) is 6.92 Å². The highest BCUT2D eigenvalue weighted by Crippen LogP contribution is 2.11. The van der Waals surface area contributed by atoms with E-state index in [1.807, 2.05) is 14.0 Å². The third kappa shape index (κ3) is 19.2. The molecule has 0 aromatic carbocycles. The van der Waals surface area contributed by atoms with Gasteiger partial charge in [-0.2, -0.15) is 0 Å². The average molecular weight is 525 g/mol. The van der Waals surface area contributed by atoms with Gasteiger partial charge in [0.25, 0.3) is 0 Å². The average Bonchev–Trinajstić information content (AvgIpc) is 2.75. The number of unbranched alkanes of at least 4 members (excludes halogenated alkanes) is 1. The molecule has 37 heavy (non-hydrogen) atoms. The first-order chi connectivity index (χ1) is 17.4. The summed E-state index contributed by atoms with van der Waals surface area (Å²) in [4.78, 5) is 71.8. The van der Waals surface area contributed by atoms with Crippen LogP contribution in [0.2, 0.25) is 0 Å². The standard InChI is InChI=1S/C27H48N4O6/c1-7-22(28-6)16-25(35)29-11-9-8-10-23(14-20(4)33)30-27(37)17-24(15-21(5)34)31-26(36)13-18(2)12-19(3)32/h18,22-24,28H,7-17H2,1-6H3,(H,29,35)(H,30,37)(H,31,36). The number of nitrogens with one attached hydrogen (secondary N) is 4. The van der Waals surface area contributed by atoms with Crippen molar-refractivity contribution < 1.29 is 28.8 Å². The van der Waals surface area contributed by atoms with Gasteiger partial charge in [-0.15, -0.1) is 0 Å². The molecule has 10 nitrogen and oxygen atoms in total. The van der Waals surface area contributed by atoms with Crippen LogP contribution in [-0.4, -0.2) is 66.8 Å². The molecule has 0 aromatic rings. The molecule has 0 rings (SSSR count). The summed E-state index contributed by atoms with van der Waals surface area (Å²) in [6.07, 6.45) is 3.83. The van der Waals surface area contributed by atoms with Crippen LogP contribution in [0.5, 0.6) is 0 Å². The maximum Gasteiger partial charge on any atom is 0.222 e. The second-order valence-electron chi connectivity index (χ2n) is 10.2. The summed E-state index contributed by atoms with van der Waals surface area (Å²) in [6.45, 7) is 8.67. The number of rotatable bonds is 21. The number of amides is 3.